The van der Waals surface area contributed by atoms with Crippen molar-refractivity contribution in [1.29, 1.82) is 0 Å². The number of halogens is 8. The standard InChI is InChI=1S/C25H27F8NO2/c1-22(35,24(28,29)30)34(15-18-9-5-10-19(13-18)23(26,27)25(31,32)33)20-11-6-12-21(14-20)36-16-17-7-3-2-4-8-17/h5-6,9-14,17,35H,2-4,7-8,15-16H2,1H3. The largest absolute Gasteiger partial charge is 0.493 e. The Morgan fingerprint density at radius 3 is 2.11 bits per heavy atom. The number of nitrogens with zero attached hydrogens (tertiary/aromatic N) is 1. The molecule has 1 fully saturated rings. The van der Waals surface area contributed by atoms with Crippen molar-refractivity contribution >= 4 is 5.69 Å². The minimum absolute atomic E-state index is 0.147. The third kappa shape index (κ3) is 6.22. The first-order chi connectivity index (χ1) is 16.6. The average Bonchev–Trinajstić information content (AvgIpc) is 2.81. The van der Waals surface area contributed by atoms with E-state index in [2.05, 4.69) is 0 Å². The van der Waals surface area contributed by atoms with Crippen LogP contribution in [0, 0.1) is 5.92 Å². The molecule has 0 amide bonds. The first-order valence-electron chi connectivity index (χ1n) is 11.5. The van der Waals surface area contributed by atoms with Gasteiger partial charge in [0.05, 0.1) is 6.61 Å². The summed E-state index contributed by atoms with van der Waals surface area (Å²) in [5, 5.41) is 10.4. The SMILES string of the molecule is CC(O)(N(Cc1cccc(C(F)(F)C(F)(F)F)c1)c1cccc(OCC2CCCCC2)c1)C(F)(F)F. The van der Waals surface area contributed by atoms with Gasteiger partial charge in [0.1, 0.15) is 5.75 Å². The zero-order chi connectivity index (χ0) is 26.8. The molecule has 1 unspecified atom stereocenters. The van der Waals surface area contributed by atoms with E-state index < -0.39 is 36.1 Å². The minimum atomic E-state index is -5.88. The van der Waals surface area contributed by atoms with Gasteiger partial charge in [0.2, 0.25) is 5.72 Å². The molecule has 1 saturated carbocycles. The number of anilines is 1. The lowest BCUT2D eigenvalue weighted by molar-refractivity contribution is -0.289. The summed E-state index contributed by atoms with van der Waals surface area (Å²) in [6, 6.07) is 8.53. The van der Waals surface area contributed by atoms with Crippen molar-refractivity contribution in [2.24, 2.45) is 5.92 Å². The molecular weight excluding hydrogens is 498 g/mol. The Labute approximate surface area is 203 Å². The monoisotopic (exact) mass is 525 g/mol. The first-order valence-corrected chi connectivity index (χ1v) is 11.5. The molecule has 0 heterocycles. The smallest absolute Gasteiger partial charge is 0.458 e. The maximum absolute atomic E-state index is 13.8. The molecule has 0 spiro atoms. The van der Waals surface area contributed by atoms with E-state index in [9.17, 15) is 40.2 Å². The Balaban J connectivity index is 1.92. The van der Waals surface area contributed by atoms with E-state index >= 15 is 0 Å². The van der Waals surface area contributed by atoms with Crippen LogP contribution in [-0.2, 0) is 12.5 Å². The van der Waals surface area contributed by atoms with Gasteiger partial charge in [0.15, 0.2) is 0 Å². The average molecular weight is 525 g/mol. The van der Waals surface area contributed by atoms with Crippen LogP contribution in [0.4, 0.5) is 40.8 Å². The Hall–Kier alpha value is -2.56. The number of rotatable bonds is 8. The van der Waals surface area contributed by atoms with Crippen LogP contribution in [0.5, 0.6) is 5.75 Å². The predicted octanol–water partition coefficient (Wildman–Crippen LogP) is 7.58. The van der Waals surface area contributed by atoms with Gasteiger partial charge in [-0.05, 0) is 49.4 Å². The highest BCUT2D eigenvalue weighted by atomic mass is 19.4. The summed E-state index contributed by atoms with van der Waals surface area (Å²) in [5.74, 6) is -4.64. The van der Waals surface area contributed by atoms with Crippen LogP contribution in [0.15, 0.2) is 48.5 Å². The third-order valence-electron chi connectivity index (χ3n) is 6.39. The molecule has 0 aromatic heterocycles. The van der Waals surface area contributed by atoms with Gasteiger partial charge in [0, 0.05) is 23.9 Å². The van der Waals surface area contributed by atoms with Crippen LogP contribution in [0.3, 0.4) is 0 Å². The fourth-order valence-electron chi connectivity index (χ4n) is 4.17. The fourth-order valence-corrected chi connectivity index (χ4v) is 4.17. The molecule has 200 valence electrons. The van der Waals surface area contributed by atoms with Crippen molar-refractivity contribution in [1.82, 2.24) is 0 Å². The Morgan fingerprint density at radius 1 is 0.861 bits per heavy atom. The Kier molecular flexibility index (Phi) is 8.12. The summed E-state index contributed by atoms with van der Waals surface area (Å²) in [4.78, 5) is 0.491. The molecule has 36 heavy (non-hydrogen) atoms. The van der Waals surface area contributed by atoms with Crippen molar-refractivity contribution in [2.75, 3.05) is 11.5 Å². The van der Waals surface area contributed by atoms with E-state index in [-0.39, 0.29) is 17.0 Å². The molecule has 2 aromatic carbocycles. The topological polar surface area (TPSA) is 32.7 Å². The maximum atomic E-state index is 13.8. The molecule has 0 radical (unpaired) electrons. The minimum Gasteiger partial charge on any atom is -0.493 e. The van der Waals surface area contributed by atoms with Gasteiger partial charge in [0.25, 0.3) is 0 Å². The van der Waals surface area contributed by atoms with Crippen LogP contribution < -0.4 is 9.64 Å². The van der Waals surface area contributed by atoms with Crippen molar-refractivity contribution in [3.8, 4) is 5.75 Å². The lowest BCUT2D eigenvalue weighted by atomic mass is 9.90. The van der Waals surface area contributed by atoms with E-state index in [1.54, 1.807) is 0 Å². The van der Waals surface area contributed by atoms with Crippen molar-refractivity contribution in [3.63, 3.8) is 0 Å². The molecule has 1 N–H and O–H groups in total. The van der Waals surface area contributed by atoms with E-state index in [1.807, 2.05) is 0 Å². The molecule has 0 bridgehead atoms. The van der Waals surface area contributed by atoms with Crippen molar-refractivity contribution in [3.05, 3.63) is 59.7 Å². The van der Waals surface area contributed by atoms with E-state index in [1.165, 1.54) is 24.3 Å². The Bertz CT molecular complexity index is 1010. The quantitative estimate of drug-likeness (QED) is 0.285. The first kappa shape index (κ1) is 28.0. The summed E-state index contributed by atoms with van der Waals surface area (Å²) in [6.45, 7) is 0.0464. The van der Waals surface area contributed by atoms with Gasteiger partial charge in [-0.15, -0.1) is 0 Å². The molecule has 0 saturated heterocycles. The predicted molar refractivity (Wildman–Crippen MR) is 118 cm³/mol. The normalized spacial score (nSPS) is 17.5. The highest BCUT2D eigenvalue weighted by Crippen LogP contribution is 2.44. The Morgan fingerprint density at radius 2 is 1.50 bits per heavy atom. The summed E-state index contributed by atoms with van der Waals surface area (Å²) < 4.78 is 113. The second-order valence-corrected chi connectivity index (χ2v) is 9.19. The van der Waals surface area contributed by atoms with E-state index in [0.29, 0.717) is 36.5 Å². The molecule has 0 aliphatic heterocycles. The summed E-state index contributed by atoms with van der Waals surface area (Å²) in [7, 11) is 0. The lowest BCUT2D eigenvalue weighted by Gasteiger charge is -2.40. The third-order valence-corrected chi connectivity index (χ3v) is 6.39. The summed E-state index contributed by atoms with van der Waals surface area (Å²) in [6.07, 6.45) is -5.82. The van der Waals surface area contributed by atoms with Crippen LogP contribution in [0.2, 0.25) is 0 Å². The van der Waals surface area contributed by atoms with E-state index in [0.717, 1.165) is 44.2 Å². The molecule has 3 rings (SSSR count). The van der Waals surface area contributed by atoms with Gasteiger partial charge in [-0.3, -0.25) is 0 Å². The molecule has 3 nitrogen and oxygen atoms in total. The molecular formula is C25H27F8NO2. The van der Waals surface area contributed by atoms with Gasteiger partial charge < -0.3 is 14.7 Å². The second kappa shape index (κ2) is 10.4. The van der Waals surface area contributed by atoms with Crippen molar-refractivity contribution < 1.29 is 45.0 Å². The molecule has 11 heteroatoms. The molecule has 1 atom stereocenters. The van der Waals surface area contributed by atoms with Crippen LogP contribution in [0.1, 0.15) is 50.2 Å². The second-order valence-electron chi connectivity index (χ2n) is 9.19. The number of benzene rings is 2. The summed E-state index contributed by atoms with van der Waals surface area (Å²) in [5.41, 5.74) is -5.32. The van der Waals surface area contributed by atoms with Gasteiger partial charge in [-0.25, -0.2) is 0 Å². The van der Waals surface area contributed by atoms with Gasteiger partial charge >= 0.3 is 18.3 Å². The number of aliphatic hydroxyl groups is 1. The highest BCUT2D eigenvalue weighted by molar-refractivity contribution is 5.53. The van der Waals surface area contributed by atoms with Crippen molar-refractivity contribution in [2.45, 2.75) is 69.6 Å². The highest BCUT2D eigenvalue weighted by Gasteiger charge is 2.59. The zero-order valence-electron chi connectivity index (χ0n) is 19.5. The number of alkyl halides is 8. The number of hydrogen-bond donors (Lipinski definition) is 1. The number of ether oxygens (including phenoxy) is 1. The summed E-state index contributed by atoms with van der Waals surface area (Å²) >= 11 is 0. The van der Waals surface area contributed by atoms with E-state index in [4.69, 9.17) is 4.74 Å². The zero-order valence-corrected chi connectivity index (χ0v) is 19.5. The van der Waals surface area contributed by atoms with Gasteiger partial charge in [-0.2, -0.15) is 35.1 Å². The lowest BCUT2D eigenvalue weighted by Crippen LogP contribution is -2.56. The fraction of sp³-hybridized carbons (Fsp3) is 0.520. The van der Waals surface area contributed by atoms with Crippen LogP contribution >= 0.6 is 0 Å². The number of hydrogen-bond acceptors (Lipinski definition) is 3. The van der Waals surface area contributed by atoms with Gasteiger partial charge in [-0.1, -0.05) is 43.5 Å². The maximum Gasteiger partial charge on any atom is 0.458 e. The molecule has 2 aromatic rings. The molecule has 1 aliphatic rings. The van der Waals surface area contributed by atoms with Crippen LogP contribution in [-0.4, -0.2) is 29.8 Å². The van der Waals surface area contributed by atoms with Crippen LogP contribution in [0.25, 0.3) is 0 Å². The molecule has 1 aliphatic carbocycles.